The SMILES string of the molecule is OC(c1ccccc1)c1nc2ccccc2nc1-c1ccccc1. The normalized spacial score (nSPS) is 12.2. The number of para-hydroxylation sites is 2. The van der Waals surface area contributed by atoms with Crippen molar-refractivity contribution < 1.29 is 5.11 Å². The molecule has 4 rings (SSSR count). The summed E-state index contributed by atoms with van der Waals surface area (Å²) in [4.78, 5) is 9.48. The van der Waals surface area contributed by atoms with Gasteiger partial charge in [0, 0.05) is 5.56 Å². The second kappa shape index (κ2) is 6.22. The zero-order valence-corrected chi connectivity index (χ0v) is 13.0. The van der Waals surface area contributed by atoms with Gasteiger partial charge < -0.3 is 5.11 Å². The summed E-state index contributed by atoms with van der Waals surface area (Å²) < 4.78 is 0. The van der Waals surface area contributed by atoms with Crippen LogP contribution in [0.1, 0.15) is 17.4 Å². The second-order valence-corrected chi connectivity index (χ2v) is 5.63. The topological polar surface area (TPSA) is 46.0 Å². The molecule has 0 spiro atoms. The molecule has 4 aromatic rings. The summed E-state index contributed by atoms with van der Waals surface area (Å²) in [6.07, 6.45) is -0.821. The van der Waals surface area contributed by atoms with E-state index in [9.17, 15) is 5.11 Å². The molecular formula is C21H16N2O. The highest BCUT2D eigenvalue weighted by Gasteiger charge is 2.19. The van der Waals surface area contributed by atoms with Crippen molar-refractivity contribution in [2.45, 2.75) is 6.10 Å². The maximum absolute atomic E-state index is 10.9. The largest absolute Gasteiger partial charge is 0.382 e. The quantitative estimate of drug-likeness (QED) is 0.610. The molecule has 116 valence electrons. The Morgan fingerprint density at radius 2 is 1.17 bits per heavy atom. The van der Waals surface area contributed by atoms with E-state index < -0.39 is 6.10 Å². The minimum Gasteiger partial charge on any atom is -0.382 e. The Hall–Kier alpha value is -3.04. The van der Waals surface area contributed by atoms with Crippen LogP contribution in [0.4, 0.5) is 0 Å². The van der Waals surface area contributed by atoms with Crippen molar-refractivity contribution in [1.29, 1.82) is 0 Å². The van der Waals surface area contributed by atoms with Crippen molar-refractivity contribution >= 4 is 11.0 Å². The van der Waals surface area contributed by atoms with Crippen LogP contribution < -0.4 is 0 Å². The molecule has 0 fully saturated rings. The van der Waals surface area contributed by atoms with Crippen LogP contribution >= 0.6 is 0 Å². The lowest BCUT2D eigenvalue weighted by atomic mass is 10.0. The first kappa shape index (κ1) is 14.5. The highest BCUT2D eigenvalue weighted by Crippen LogP contribution is 2.30. The van der Waals surface area contributed by atoms with E-state index in [0.29, 0.717) is 11.4 Å². The molecule has 3 aromatic carbocycles. The lowest BCUT2D eigenvalue weighted by Crippen LogP contribution is -2.07. The number of aromatic nitrogens is 2. The van der Waals surface area contributed by atoms with Gasteiger partial charge in [-0.15, -0.1) is 0 Å². The summed E-state index contributed by atoms with van der Waals surface area (Å²) in [5, 5.41) is 10.9. The number of rotatable bonds is 3. The predicted octanol–water partition coefficient (Wildman–Crippen LogP) is 4.38. The van der Waals surface area contributed by atoms with Crippen LogP contribution in [0.2, 0.25) is 0 Å². The fourth-order valence-corrected chi connectivity index (χ4v) is 2.81. The van der Waals surface area contributed by atoms with E-state index in [4.69, 9.17) is 9.97 Å². The molecular weight excluding hydrogens is 296 g/mol. The number of aliphatic hydroxyl groups is 1. The standard InChI is InChI=1S/C21H16N2O/c24-21(16-11-5-2-6-12-16)20-19(15-9-3-1-4-10-15)22-17-13-7-8-14-18(17)23-20/h1-14,21,24H. The molecule has 1 heterocycles. The summed E-state index contributed by atoms with van der Waals surface area (Å²) in [6, 6.07) is 27.1. The average molecular weight is 312 g/mol. The van der Waals surface area contributed by atoms with E-state index in [1.54, 1.807) is 0 Å². The van der Waals surface area contributed by atoms with Crippen molar-refractivity contribution in [2.75, 3.05) is 0 Å². The Morgan fingerprint density at radius 3 is 1.83 bits per heavy atom. The van der Waals surface area contributed by atoms with Crippen LogP contribution in [-0.2, 0) is 0 Å². The van der Waals surface area contributed by atoms with E-state index in [-0.39, 0.29) is 0 Å². The Kier molecular flexibility index (Phi) is 3.77. The fourth-order valence-electron chi connectivity index (χ4n) is 2.81. The van der Waals surface area contributed by atoms with Crippen molar-refractivity contribution in [3.05, 3.63) is 96.2 Å². The molecule has 3 nitrogen and oxygen atoms in total. The summed E-state index contributed by atoms with van der Waals surface area (Å²) >= 11 is 0. The van der Waals surface area contributed by atoms with Crippen LogP contribution in [0.15, 0.2) is 84.9 Å². The Labute approximate surface area is 140 Å². The van der Waals surface area contributed by atoms with Gasteiger partial charge in [0.25, 0.3) is 0 Å². The van der Waals surface area contributed by atoms with Crippen LogP contribution in [-0.4, -0.2) is 15.1 Å². The first-order valence-electron chi connectivity index (χ1n) is 7.88. The molecule has 3 heteroatoms. The summed E-state index contributed by atoms with van der Waals surface area (Å²) in [5.41, 5.74) is 4.64. The van der Waals surface area contributed by atoms with E-state index >= 15 is 0 Å². The first-order chi connectivity index (χ1) is 11.8. The molecule has 0 aliphatic rings. The Morgan fingerprint density at radius 1 is 0.625 bits per heavy atom. The van der Waals surface area contributed by atoms with Crippen LogP contribution in [0.3, 0.4) is 0 Å². The van der Waals surface area contributed by atoms with Gasteiger partial charge in [0.05, 0.1) is 16.7 Å². The van der Waals surface area contributed by atoms with Crippen molar-refractivity contribution in [2.24, 2.45) is 0 Å². The van der Waals surface area contributed by atoms with Gasteiger partial charge in [-0.3, -0.25) is 0 Å². The molecule has 24 heavy (non-hydrogen) atoms. The lowest BCUT2D eigenvalue weighted by Gasteiger charge is -2.15. The zero-order chi connectivity index (χ0) is 16.4. The third kappa shape index (κ3) is 2.66. The predicted molar refractivity (Wildman–Crippen MR) is 95.5 cm³/mol. The molecule has 0 radical (unpaired) electrons. The summed E-state index contributed by atoms with van der Waals surface area (Å²) in [6.45, 7) is 0. The third-order valence-corrected chi connectivity index (χ3v) is 4.02. The lowest BCUT2D eigenvalue weighted by molar-refractivity contribution is 0.216. The van der Waals surface area contributed by atoms with Gasteiger partial charge in [-0.05, 0) is 17.7 Å². The van der Waals surface area contributed by atoms with Gasteiger partial charge in [0.2, 0.25) is 0 Å². The minimum atomic E-state index is -0.821. The molecule has 1 atom stereocenters. The van der Waals surface area contributed by atoms with Crippen LogP contribution in [0.5, 0.6) is 0 Å². The number of hydrogen-bond donors (Lipinski definition) is 1. The number of fused-ring (bicyclic) bond motifs is 1. The second-order valence-electron chi connectivity index (χ2n) is 5.63. The highest BCUT2D eigenvalue weighted by atomic mass is 16.3. The van der Waals surface area contributed by atoms with Gasteiger partial charge in [0.15, 0.2) is 0 Å². The monoisotopic (exact) mass is 312 g/mol. The number of benzene rings is 3. The summed E-state index contributed by atoms with van der Waals surface area (Å²) in [7, 11) is 0. The van der Waals surface area contributed by atoms with Gasteiger partial charge in [-0.1, -0.05) is 72.8 Å². The number of hydrogen-bond acceptors (Lipinski definition) is 3. The molecule has 0 bridgehead atoms. The van der Waals surface area contributed by atoms with Gasteiger partial charge >= 0.3 is 0 Å². The molecule has 1 N–H and O–H groups in total. The third-order valence-electron chi connectivity index (χ3n) is 4.02. The maximum atomic E-state index is 10.9. The fraction of sp³-hybridized carbons (Fsp3) is 0.0476. The molecule has 0 saturated carbocycles. The van der Waals surface area contributed by atoms with Crippen molar-refractivity contribution in [1.82, 2.24) is 9.97 Å². The van der Waals surface area contributed by atoms with Crippen LogP contribution in [0.25, 0.3) is 22.3 Å². The Bertz CT molecular complexity index is 969. The van der Waals surface area contributed by atoms with E-state index in [1.807, 2.05) is 84.9 Å². The smallest absolute Gasteiger partial charge is 0.123 e. The number of nitrogens with zero attached hydrogens (tertiary/aromatic N) is 2. The number of aliphatic hydroxyl groups excluding tert-OH is 1. The molecule has 0 aliphatic heterocycles. The summed E-state index contributed by atoms with van der Waals surface area (Å²) in [5.74, 6) is 0. The highest BCUT2D eigenvalue weighted by molar-refractivity contribution is 5.78. The van der Waals surface area contributed by atoms with Crippen molar-refractivity contribution in [3.8, 4) is 11.3 Å². The molecule has 1 unspecified atom stereocenters. The zero-order valence-electron chi connectivity index (χ0n) is 13.0. The maximum Gasteiger partial charge on any atom is 0.123 e. The van der Waals surface area contributed by atoms with E-state index in [1.165, 1.54) is 0 Å². The molecule has 0 aliphatic carbocycles. The van der Waals surface area contributed by atoms with Gasteiger partial charge in [0.1, 0.15) is 11.8 Å². The molecule has 0 amide bonds. The van der Waals surface area contributed by atoms with Crippen LogP contribution in [0, 0.1) is 0 Å². The first-order valence-corrected chi connectivity index (χ1v) is 7.88. The van der Waals surface area contributed by atoms with Crippen molar-refractivity contribution in [3.63, 3.8) is 0 Å². The average Bonchev–Trinajstić information content (AvgIpc) is 2.68. The minimum absolute atomic E-state index is 0.575. The van der Waals surface area contributed by atoms with Gasteiger partial charge in [-0.25, -0.2) is 9.97 Å². The Balaban J connectivity index is 1.95. The van der Waals surface area contributed by atoms with Gasteiger partial charge in [-0.2, -0.15) is 0 Å². The van der Waals surface area contributed by atoms with E-state index in [0.717, 1.165) is 22.2 Å². The molecule has 0 saturated heterocycles. The molecule has 1 aromatic heterocycles. The van der Waals surface area contributed by atoms with E-state index in [2.05, 4.69) is 0 Å².